The van der Waals surface area contributed by atoms with Gasteiger partial charge < -0.3 is 20.1 Å². The molecule has 2 aromatic carbocycles. The molecule has 1 heterocycles. The maximum absolute atomic E-state index is 12.7. The predicted octanol–water partition coefficient (Wildman–Crippen LogP) is 4.01. The highest BCUT2D eigenvalue weighted by Crippen LogP contribution is 2.33. The smallest absolute Gasteiger partial charge is 0.416 e. The van der Waals surface area contributed by atoms with Crippen LogP contribution in [0.1, 0.15) is 42.4 Å². The van der Waals surface area contributed by atoms with Crippen LogP contribution >= 0.6 is 0 Å². The van der Waals surface area contributed by atoms with E-state index in [1.165, 1.54) is 12.1 Å². The van der Waals surface area contributed by atoms with E-state index in [0.717, 1.165) is 17.7 Å². The molecule has 9 heteroatoms. The predicted molar refractivity (Wildman–Crippen MR) is 116 cm³/mol. The third-order valence-corrected chi connectivity index (χ3v) is 5.83. The molecule has 1 aliphatic heterocycles. The molecule has 1 fully saturated rings. The van der Waals surface area contributed by atoms with Crippen LogP contribution in [0.2, 0.25) is 0 Å². The number of nitrogens with one attached hydrogen (secondary N) is 2. The van der Waals surface area contributed by atoms with Gasteiger partial charge in [0, 0.05) is 24.9 Å². The van der Waals surface area contributed by atoms with Crippen LogP contribution in [-0.2, 0) is 28.7 Å². The van der Waals surface area contributed by atoms with Crippen molar-refractivity contribution in [1.29, 1.82) is 0 Å². The number of halogens is 3. The zero-order valence-electron chi connectivity index (χ0n) is 18.6. The molecule has 2 N–H and O–H groups in total. The first-order chi connectivity index (χ1) is 15.6. The van der Waals surface area contributed by atoms with E-state index in [4.69, 9.17) is 9.47 Å². The zero-order valence-corrected chi connectivity index (χ0v) is 18.6. The van der Waals surface area contributed by atoms with Crippen molar-refractivity contribution in [3.8, 4) is 11.5 Å². The van der Waals surface area contributed by atoms with Gasteiger partial charge in [-0.15, -0.1) is 0 Å². The molecule has 6 nitrogen and oxygen atoms in total. The Morgan fingerprint density at radius 2 is 1.73 bits per heavy atom. The second kappa shape index (κ2) is 10.1. The third kappa shape index (κ3) is 6.40. The highest BCUT2D eigenvalue weighted by molar-refractivity contribution is 5.80. The van der Waals surface area contributed by atoms with E-state index < -0.39 is 17.3 Å². The number of carbonyl (C=O) groups excluding carboxylic acids is 2. The molecule has 178 valence electrons. The minimum absolute atomic E-state index is 0.0550. The summed E-state index contributed by atoms with van der Waals surface area (Å²) in [5, 5.41) is 5.77. The van der Waals surface area contributed by atoms with Gasteiger partial charge in [0.2, 0.25) is 11.8 Å². The number of carbonyl (C=O) groups is 2. The lowest BCUT2D eigenvalue weighted by Gasteiger charge is -2.29. The molecule has 2 amide bonds. The number of amides is 2. The summed E-state index contributed by atoms with van der Waals surface area (Å²) < 4.78 is 48.6. The summed E-state index contributed by atoms with van der Waals surface area (Å²) in [4.78, 5) is 24.4. The number of ether oxygens (including phenoxy) is 2. The summed E-state index contributed by atoms with van der Waals surface area (Å²) in [5.74, 6) is 0.903. The molecule has 3 rings (SSSR count). The first-order valence-corrected chi connectivity index (χ1v) is 10.6. The van der Waals surface area contributed by atoms with Crippen LogP contribution in [0, 0.1) is 0 Å². The van der Waals surface area contributed by atoms with E-state index in [9.17, 15) is 22.8 Å². The monoisotopic (exact) mass is 464 g/mol. The van der Waals surface area contributed by atoms with Crippen molar-refractivity contribution >= 4 is 11.8 Å². The van der Waals surface area contributed by atoms with E-state index in [2.05, 4.69) is 10.6 Å². The minimum Gasteiger partial charge on any atom is -0.493 e. The van der Waals surface area contributed by atoms with Crippen molar-refractivity contribution in [1.82, 2.24) is 10.6 Å². The Balaban J connectivity index is 1.59. The Labute approximate surface area is 190 Å². The van der Waals surface area contributed by atoms with E-state index >= 15 is 0 Å². The summed E-state index contributed by atoms with van der Waals surface area (Å²) in [6.07, 6.45) is -2.26. The molecule has 2 aromatic rings. The van der Waals surface area contributed by atoms with Crippen molar-refractivity contribution in [3.63, 3.8) is 0 Å². The Bertz CT molecular complexity index is 992. The van der Waals surface area contributed by atoms with Crippen LogP contribution in [0.5, 0.6) is 11.5 Å². The molecule has 0 radical (unpaired) electrons. The SMILES string of the molecule is COc1ccc(C[C@]2(CCC(=O)NCc3ccc(C(F)(F)F)cc3)CCC(=O)N2)cc1OC. The van der Waals surface area contributed by atoms with Gasteiger partial charge in [-0.3, -0.25) is 9.59 Å². The van der Waals surface area contributed by atoms with Gasteiger partial charge >= 0.3 is 6.18 Å². The number of hydrogen-bond acceptors (Lipinski definition) is 4. The highest BCUT2D eigenvalue weighted by Gasteiger charge is 2.38. The summed E-state index contributed by atoms with van der Waals surface area (Å²) >= 11 is 0. The lowest BCUT2D eigenvalue weighted by Crippen LogP contribution is -2.44. The minimum atomic E-state index is -4.39. The van der Waals surface area contributed by atoms with Crippen LogP contribution in [0.25, 0.3) is 0 Å². The normalized spacial score (nSPS) is 18.0. The van der Waals surface area contributed by atoms with E-state index in [-0.39, 0.29) is 24.8 Å². The van der Waals surface area contributed by atoms with Crippen molar-refractivity contribution < 1.29 is 32.2 Å². The Morgan fingerprint density at radius 3 is 2.30 bits per heavy atom. The summed E-state index contributed by atoms with van der Waals surface area (Å²) in [5.41, 5.74) is 0.236. The van der Waals surface area contributed by atoms with Gasteiger partial charge in [0.15, 0.2) is 11.5 Å². The molecule has 1 aliphatic rings. The average molecular weight is 464 g/mol. The van der Waals surface area contributed by atoms with E-state index in [1.54, 1.807) is 20.3 Å². The molecule has 1 atom stereocenters. The largest absolute Gasteiger partial charge is 0.493 e. The number of hydrogen-bond donors (Lipinski definition) is 2. The van der Waals surface area contributed by atoms with E-state index in [1.807, 2.05) is 12.1 Å². The zero-order chi connectivity index (χ0) is 24.1. The van der Waals surface area contributed by atoms with Gasteiger partial charge in [-0.25, -0.2) is 0 Å². The maximum Gasteiger partial charge on any atom is 0.416 e. The Morgan fingerprint density at radius 1 is 1.06 bits per heavy atom. The standard InChI is InChI=1S/C24H27F3N2O4/c1-32-19-8-5-17(13-20(19)33-2)14-23(12-10-22(31)29-23)11-9-21(30)28-15-16-3-6-18(7-4-16)24(25,26)27/h3-8,13H,9-12,14-15H2,1-2H3,(H,28,30)(H,29,31)/t23-/m0/s1. The molecular formula is C24H27F3N2O4. The second-order valence-corrected chi connectivity index (χ2v) is 8.17. The molecule has 0 spiro atoms. The number of benzene rings is 2. The molecule has 0 aromatic heterocycles. The van der Waals surface area contributed by atoms with Crippen LogP contribution in [0.4, 0.5) is 13.2 Å². The average Bonchev–Trinajstić information content (AvgIpc) is 3.16. The van der Waals surface area contributed by atoms with Gasteiger partial charge in [-0.2, -0.15) is 13.2 Å². The van der Waals surface area contributed by atoms with Gasteiger partial charge in [-0.05, 0) is 54.7 Å². The molecule has 0 aliphatic carbocycles. The summed E-state index contributed by atoms with van der Waals surface area (Å²) in [6, 6.07) is 10.2. The quantitative estimate of drug-likeness (QED) is 0.588. The summed E-state index contributed by atoms with van der Waals surface area (Å²) in [6.45, 7) is 0.131. The number of methoxy groups -OCH3 is 2. The van der Waals surface area contributed by atoms with Crippen molar-refractivity contribution in [2.75, 3.05) is 14.2 Å². The fourth-order valence-corrected chi connectivity index (χ4v) is 4.02. The Kier molecular flexibility index (Phi) is 7.50. The first-order valence-electron chi connectivity index (χ1n) is 10.6. The molecule has 1 saturated heterocycles. The van der Waals surface area contributed by atoms with Gasteiger partial charge in [0.05, 0.1) is 19.8 Å². The first kappa shape index (κ1) is 24.4. The van der Waals surface area contributed by atoms with Crippen LogP contribution in [-0.4, -0.2) is 31.6 Å². The lowest BCUT2D eigenvalue weighted by molar-refractivity contribution is -0.137. The van der Waals surface area contributed by atoms with Crippen molar-refractivity contribution in [3.05, 3.63) is 59.2 Å². The fraction of sp³-hybridized carbons (Fsp3) is 0.417. The Hall–Kier alpha value is -3.23. The maximum atomic E-state index is 12.7. The highest BCUT2D eigenvalue weighted by atomic mass is 19.4. The number of rotatable bonds is 9. The van der Waals surface area contributed by atoms with E-state index in [0.29, 0.717) is 42.7 Å². The molecule has 0 saturated carbocycles. The molecule has 0 bridgehead atoms. The molecule has 33 heavy (non-hydrogen) atoms. The topological polar surface area (TPSA) is 76.7 Å². The fourth-order valence-electron chi connectivity index (χ4n) is 4.02. The second-order valence-electron chi connectivity index (χ2n) is 8.17. The molecular weight excluding hydrogens is 437 g/mol. The van der Waals surface area contributed by atoms with Gasteiger partial charge in [-0.1, -0.05) is 18.2 Å². The van der Waals surface area contributed by atoms with Crippen molar-refractivity contribution in [2.45, 2.75) is 50.4 Å². The third-order valence-electron chi connectivity index (χ3n) is 5.83. The molecule has 0 unspecified atom stereocenters. The van der Waals surface area contributed by atoms with Crippen LogP contribution in [0.3, 0.4) is 0 Å². The van der Waals surface area contributed by atoms with Crippen molar-refractivity contribution in [2.24, 2.45) is 0 Å². The van der Waals surface area contributed by atoms with Crippen LogP contribution < -0.4 is 20.1 Å². The lowest BCUT2D eigenvalue weighted by atomic mass is 9.85. The van der Waals surface area contributed by atoms with Gasteiger partial charge in [0.25, 0.3) is 0 Å². The number of alkyl halides is 3. The summed E-state index contributed by atoms with van der Waals surface area (Å²) in [7, 11) is 3.11. The van der Waals surface area contributed by atoms with Crippen LogP contribution in [0.15, 0.2) is 42.5 Å². The van der Waals surface area contributed by atoms with Gasteiger partial charge in [0.1, 0.15) is 0 Å².